The van der Waals surface area contributed by atoms with Crippen molar-refractivity contribution in [2.24, 2.45) is 4.99 Å². The molecule has 31 heavy (non-hydrogen) atoms. The van der Waals surface area contributed by atoms with E-state index in [2.05, 4.69) is 25.3 Å². The number of nitrogens with zero attached hydrogens (tertiary/aromatic N) is 2. The first kappa shape index (κ1) is 22.0. The summed E-state index contributed by atoms with van der Waals surface area (Å²) in [5.74, 6) is -0.567. The quantitative estimate of drug-likeness (QED) is 0.354. The molecule has 3 aromatic rings. The minimum absolute atomic E-state index is 0.274. The Hall–Kier alpha value is -3.71. The van der Waals surface area contributed by atoms with Crippen LogP contribution in [0.4, 0.5) is 5.69 Å². The number of halogens is 1. The van der Waals surface area contributed by atoms with Crippen molar-refractivity contribution in [1.29, 1.82) is 0 Å². The molecule has 0 radical (unpaired) electrons. The van der Waals surface area contributed by atoms with Gasteiger partial charge in [0.25, 0.3) is 5.91 Å². The van der Waals surface area contributed by atoms with Crippen LogP contribution in [0.5, 0.6) is 0 Å². The minimum Gasteiger partial charge on any atom is -0.465 e. The van der Waals surface area contributed by atoms with Crippen molar-refractivity contribution in [2.75, 3.05) is 12.4 Å². The van der Waals surface area contributed by atoms with E-state index in [9.17, 15) is 9.59 Å². The minimum atomic E-state index is -0.467. The summed E-state index contributed by atoms with van der Waals surface area (Å²) in [7, 11) is 1.30. The number of methoxy groups -OCH3 is 1. The van der Waals surface area contributed by atoms with Crippen molar-refractivity contribution in [3.05, 3.63) is 94.3 Å². The molecule has 3 rings (SSSR count). The Morgan fingerprint density at radius 1 is 1.10 bits per heavy atom. The summed E-state index contributed by atoms with van der Waals surface area (Å²) in [4.78, 5) is 32.9. The molecule has 0 aliphatic heterocycles. The van der Waals surface area contributed by atoms with E-state index in [4.69, 9.17) is 11.6 Å². The van der Waals surface area contributed by atoms with Crippen LogP contribution in [-0.2, 0) is 11.3 Å². The summed E-state index contributed by atoms with van der Waals surface area (Å²) >= 11 is 6.04. The van der Waals surface area contributed by atoms with Gasteiger partial charge in [0.15, 0.2) is 0 Å². The third-order valence-corrected chi connectivity index (χ3v) is 4.62. The van der Waals surface area contributed by atoms with Gasteiger partial charge in [0.1, 0.15) is 0 Å². The predicted molar refractivity (Wildman–Crippen MR) is 120 cm³/mol. The van der Waals surface area contributed by atoms with E-state index >= 15 is 0 Å². The molecule has 0 saturated carbocycles. The number of anilines is 1. The number of pyridine rings is 1. The van der Waals surface area contributed by atoms with Gasteiger partial charge in [0, 0.05) is 28.7 Å². The zero-order valence-corrected chi connectivity index (χ0v) is 17.8. The molecule has 2 aromatic carbocycles. The number of rotatable bonds is 5. The number of carbonyl (C=O) groups is 2. The number of ether oxygens (including phenoxy) is 1. The first-order valence-electron chi connectivity index (χ1n) is 9.42. The second-order valence-corrected chi connectivity index (χ2v) is 7.07. The van der Waals surface area contributed by atoms with E-state index in [0.717, 1.165) is 16.8 Å². The lowest BCUT2D eigenvalue weighted by molar-refractivity contribution is 0.0600. The molecule has 1 aromatic heterocycles. The standard InChI is InChI=1S/C23H21ClN4O3/c1-15-12-19(24)9-10-20(15)27-23(26-14-16-4-3-11-25-13-16)28-21(29)17-5-7-18(8-6-17)22(30)31-2/h3-13H,14H2,1-2H3,(H2,26,27,28,29). The number of nitrogens with one attached hydrogen (secondary N) is 2. The highest BCUT2D eigenvalue weighted by atomic mass is 35.5. The largest absolute Gasteiger partial charge is 0.465 e. The van der Waals surface area contributed by atoms with Gasteiger partial charge < -0.3 is 10.1 Å². The van der Waals surface area contributed by atoms with Crippen molar-refractivity contribution >= 4 is 35.1 Å². The van der Waals surface area contributed by atoms with Crippen LogP contribution < -0.4 is 10.6 Å². The van der Waals surface area contributed by atoms with Crippen LogP contribution in [0.2, 0.25) is 5.02 Å². The molecule has 7 nitrogen and oxygen atoms in total. The highest BCUT2D eigenvalue weighted by molar-refractivity contribution is 6.30. The number of hydrogen-bond acceptors (Lipinski definition) is 5. The summed E-state index contributed by atoms with van der Waals surface area (Å²) in [6.45, 7) is 2.23. The van der Waals surface area contributed by atoms with Crippen molar-refractivity contribution in [3.63, 3.8) is 0 Å². The molecule has 0 aliphatic rings. The SMILES string of the molecule is COC(=O)c1ccc(C(=O)NC(=NCc2cccnc2)Nc2ccc(Cl)cc2C)cc1. The lowest BCUT2D eigenvalue weighted by Crippen LogP contribution is -2.36. The van der Waals surface area contributed by atoms with Crippen molar-refractivity contribution in [1.82, 2.24) is 10.3 Å². The van der Waals surface area contributed by atoms with Gasteiger partial charge in [-0.25, -0.2) is 9.79 Å². The number of amides is 1. The lowest BCUT2D eigenvalue weighted by Gasteiger charge is -2.14. The molecule has 0 atom stereocenters. The van der Waals surface area contributed by atoms with Gasteiger partial charge >= 0.3 is 5.97 Å². The van der Waals surface area contributed by atoms with Gasteiger partial charge in [-0.3, -0.25) is 15.1 Å². The smallest absolute Gasteiger partial charge is 0.337 e. The summed E-state index contributed by atoms with van der Waals surface area (Å²) in [5.41, 5.74) is 3.29. The van der Waals surface area contributed by atoms with Crippen LogP contribution in [-0.4, -0.2) is 29.9 Å². The number of hydrogen-bond donors (Lipinski definition) is 2. The van der Waals surface area contributed by atoms with Crippen LogP contribution in [0, 0.1) is 6.92 Å². The molecular weight excluding hydrogens is 416 g/mol. The van der Waals surface area contributed by atoms with Crippen LogP contribution in [0.3, 0.4) is 0 Å². The van der Waals surface area contributed by atoms with Crippen molar-refractivity contribution in [3.8, 4) is 0 Å². The van der Waals surface area contributed by atoms with E-state index in [1.54, 1.807) is 30.6 Å². The summed E-state index contributed by atoms with van der Waals surface area (Å²) in [5, 5.41) is 6.55. The molecular formula is C23H21ClN4O3. The number of benzene rings is 2. The molecule has 0 fully saturated rings. The summed E-state index contributed by atoms with van der Waals surface area (Å²) in [6, 6.07) is 15.3. The van der Waals surface area contributed by atoms with Crippen LogP contribution >= 0.6 is 11.6 Å². The maximum Gasteiger partial charge on any atom is 0.337 e. The highest BCUT2D eigenvalue weighted by Gasteiger charge is 2.12. The Balaban J connectivity index is 1.81. The van der Waals surface area contributed by atoms with Gasteiger partial charge in [-0.2, -0.15) is 0 Å². The number of aliphatic imine (C=N–C) groups is 1. The van der Waals surface area contributed by atoms with Crippen molar-refractivity contribution < 1.29 is 14.3 Å². The third kappa shape index (κ3) is 6.13. The topological polar surface area (TPSA) is 92.7 Å². The molecule has 0 unspecified atom stereocenters. The molecule has 158 valence electrons. The third-order valence-electron chi connectivity index (χ3n) is 4.38. The average Bonchev–Trinajstić information content (AvgIpc) is 2.79. The normalized spacial score (nSPS) is 11.0. The maximum atomic E-state index is 12.8. The van der Waals surface area contributed by atoms with E-state index in [1.807, 2.05) is 31.2 Å². The fourth-order valence-electron chi connectivity index (χ4n) is 2.72. The molecule has 1 heterocycles. The second-order valence-electron chi connectivity index (χ2n) is 6.63. The monoisotopic (exact) mass is 436 g/mol. The summed E-state index contributed by atoms with van der Waals surface area (Å²) < 4.78 is 4.68. The number of esters is 1. The number of aromatic nitrogens is 1. The first-order chi connectivity index (χ1) is 15.0. The lowest BCUT2D eigenvalue weighted by atomic mass is 10.1. The molecule has 0 bridgehead atoms. The molecule has 0 spiro atoms. The zero-order chi connectivity index (χ0) is 22.2. The van der Waals surface area contributed by atoms with Gasteiger partial charge in [-0.1, -0.05) is 17.7 Å². The maximum absolute atomic E-state index is 12.8. The van der Waals surface area contributed by atoms with Crippen LogP contribution in [0.25, 0.3) is 0 Å². The predicted octanol–water partition coefficient (Wildman–Crippen LogP) is 4.23. The Labute approximate surface area is 185 Å². The van der Waals surface area contributed by atoms with Gasteiger partial charge in [0.05, 0.1) is 19.2 Å². The van der Waals surface area contributed by atoms with Gasteiger partial charge in [0.2, 0.25) is 5.96 Å². The molecule has 1 amide bonds. The average molecular weight is 437 g/mol. The summed E-state index contributed by atoms with van der Waals surface area (Å²) in [6.07, 6.45) is 3.39. The fourth-order valence-corrected chi connectivity index (χ4v) is 2.95. The Morgan fingerprint density at radius 3 is 2.48 bits per heavy atom. The van der Waals surface area contributed by atoms with E-state index < -0.39 is 5.97 Å². The van der Waals surface area contributed by atoms with Crippen LogP contribution in [0.1, 0.15) is 31.8 Å². The molecule has 8 heteroatoms. The van der Waals surface area contributed by atoms with Crippen molar-refractivity contribution in [2.45, 2.75) is 13.5 Å². The molecule has 0 aliphatic carbocycles. The van der Waals surface area contributed by atoms with Gasteiger partial charge in [-0.15, -0.1) is 0 Å². The van der Waals surface area contributed by atoms with E-state index in [1.165, 1.54) is 19.2 Å². The highest BCUT2D eigenvalue weighted by Crippen LogP contribution is 2.19. The number of guanidine groups is 1. The number of aryl methyl sites for hydroxylation is 1. The second kappa shape index (κ2) is 10.4. The zero-order valence-electron chi connectivity index (χ0n) is 17.1. The first-order valence-corrected chi connectivity index (χ1v) is 9.80. The Morgan fingerprint density at radius 2 is 1.84 bits per heavy atom. The van der Waals surface area contributed by atoms with E-state index in [-0.39, 0.29) is 11.9 Å². The number of carbonyl (C=O) groups excluding carboxylic acids is 2. The van der Waals surface area contributed by atoms with Gasteiger partial charge in [-0.05, 0) is 66.6 Å². The molecule has 2 N–H and O–H groups in total. The van der Waals surface area contributed by atoms with Crippen LogP contribution in [0.15, 0.2) is 72.0 Å². The Kier molecular flexibility index (Phi) is 7.35. The fraction of sp³-hybridized carbons (Fsp3) is 0.130. The van der Waals surface area contributed by atoms with E-state index in [0.29, 0.717) is 22.7 Å². The molecule has 0 saturated heterocycles. The Bertz CT molecular complexity index is 1100.